The van der Waals surface area contributed by atoms with E-state index in [1.165, 1.54) is 17.7 Å². The summed E-state index contributed by atoms with van der Waals surface area (Å²) in [6, 6.07) is 13.7. The van der Waals surface area contributed by atoms with Crippen LogP contribution in [0.2, 0.25) is 0 Å². The quantitative estimate of drug-likeness (QED) is 0.520. The van der Waals surface area contributed by atoms with Crippen LogP contribution < -0.4 is 0 Å². The van der Waals surface area contributed by atoms with Gasteiger partial charge in [0.2, 0.25) is 0 Å². The molecule has 6 nitrogen and oxygen atoms in total. The zero-order valence-corrected chi connectivity index (χ0v) is 19.7. The average molecular weight is 471 g/mol. The first-order chi connectivity index (χ1) is 15.6. The summed E-state index contributed by atoms with van der Waals surface area (Å²) in [5.74, 6) is -0.140. The van der Waals surface area contributed by atoms with Gasteiger partial charge < -0.3 is 9.42 Å². The van der Waals surface area contributed by atoms with E-state index in [1.54, 1.807) is 24.0 Å². The number of carbonyl (C=O) groups excluding carboxylic acids is 1. The van der Waals surface area contributed by atoms with Crippen molar-refractivity contribution in [1.82, 2.24) is 10.1 Å². The fourth-order valence-corrected chi connectivity index (χ4v) is 5.73. The molecule has 1 amide bonds. The van der Waals surface area contributed by atoms with Crippen molar-refractivity contribution in [3.05, 3.63) is 76.7 Å². The molecule has 3 aromatic rings. The van der Waals surface area contributed by atoms with E-state index in [1.807, 2.05) is 24.3 Å². The lowest BCUT2D eigenvalue weighted by molar-refractivity contribution is 0.0670. The Balaban J connectivity index is 1.62. The van der Waals surface area contributed by atoms with Gasteiger partial charge in [-0.25, -0.2) is 12.8 Å². The summed E-state index contributed by atoms with van der Waals surface area (Å²) in [5.41, 5.74) is 3.14. The second-order valence-electron chi connectivity index (χ2n) is 8.93. The number of aryl methyl sites for hydroxylation is 1. The monoisotopic (exact) mass is 470 g/mol. The summed E-state index contributed by atoms with van der Waals surface area (Å²) in [7, 11) is -3.19. The lowest BCUT2D eigenvalue weighted by Gasteiger charge is -2.27. The van der Waals surface area contributed by atoms with Crippen molar-refractivity contribution in [3.8, 4) is 11.3 Å². The van der Waals surface area contributed by atoms with E-state index >= 15 is 0 Å². The highest BCUT2D eigenvalue weighted by Crippen LogP contribution is 2.26. The Morgan fingerprint density at radius 2 is 1.91 bits per heavy atom. The molecular weight excluding hydrogens is 443 g/mol. The van der Waals surface area contributed by atoms with Crippen molar-refractivity contribution >= 4 is 15.7 Å². The molecule has 0 aliphatic carbocycles. The molecule has 0 unspecified atom stereocenters. The third-order valence-corrected chi connectivity index (χ3v) is 7.85. The van der Waals surface area contributed by atoms with Crippen LogP contribution in [0.4, 0.5) is 4.39 Å². The van der Waals surface area contributed by atoms with Crippen LogP contribution in [0.25, 0.3) is 11.3 Å². The van der Waals surface area contributed by atoms with Gasteiger partial charge in [0.05, 0.1) is 11.5 Å². The molecule has 174 valence electrons. The molecule has 1 aliphatic heterocycles. The number of halogens is 1. The van der Waals surface area contributed by atoms with Gasteiger partial charge in [0, 0.05) is 24.2 Å². The van der Waals surface area contributed by atoms with Gasteiger partial charge in [-0.05, 0) is 42.0 Å². The molecule has 1 aliphatic rings. The summed E-state index contributed by atoms with van der Waals surface area (Å²) in [4.78, 5) is 15.0. The number of hydrogen-bond acceptors (Lipinski definition) is 5. The number of nitrogens with zero attached hydrogens (tertiary/aromatic N) is 2. The molecule has 0 N–H and O–H groups in total. The Morgan fingerprint density at radius 3 is 2.52 bits per heavy atom. The summed E-state index contributed by atoms with van der Waals surface area (Å²) >= 11 is 0. The lowest BCUT2D eigenvalue weighted by atomic mass is 10.0. The molecule has 4 rings (SSSR count). The van der Waals surface area contributed by atoms with Crippen LogP contribution in [0.1, 0.15) is 53.4 Å². The van der Waals surface area contributed by atoms with Gasteiger partial charge >= 0.3 is 0 Å². The van der Waals surface area contributed by atoms with Crippen molar-refractivity contribution in [2.24, 2.45) is 0 Å². The molecule has 33 heavy (non-hydrogen) atoms. The lowest BCUT2D eigenvalue weighted by Crippen LogP contribution is -2.40. The Hall–Kier alpha value is -3.00. The van der Waals surface area contributed by atoms with Gasteiger partial charge in [-0.3, -0.25) is 4.79 Å². The number of amides is 1. The summed E-state index contributed by atoms with van der Waals surface area (Å²) in [6.45, 7) is 6.14. The van der Waals surface area contributed by atoms with Gasteiger partial charge in [0.25, 0.3) is 5.91 Å². The highest BCUT2D eigenvalue weighted by molar-refractivity contribution is 7.91. The first kappa shape index (κ1) is 23.2. The zero-order chi connectivity index (χ0) is 23.8. The van der Waals surface area contributed by atoms with Gasteiger partial charge in [-0.1, -0.05) is 55.4 Å². The SMILES string of the molecule is Cc1ccc(-c2cc(C(=O)N(Cc3ccc(C(C)C)cc3)[C@H]3CCS(=O)(=O)C3)no2)cc1F. The van der Waals surface area contributed by atoms with Gasteiger partial charge in [-0.2, -0.15) is 0 Å². The van der Waals surface area contributed by atoms with E-state index in [2.05, 4.69) is 19.0 Å². The highest BCUT2D eigenvalue weighted by atomic mass is 32.2. The van der Waals surface area contributed by atoms with Crippen LogP contribution in [0.15, 0.2) is 53.1 Å². The van der Waals surface area contributed by atoms with Gasteiger partial charge in [0.15, 0.2) is 21.3 Å². The van der Waals surface area contributed by atoms with E-state index in [-0.39, 0.29) is 35.3 Å². The number of hydrogen-bond donors (Lipinski definition) is 0. The summed E-state index contributed by atoms with van der Waals surface area (Å²) in [5, 5.41) is 3.91. The Kier molecular flexibility index (Phi) is 6.38. The van der Waals surface area contributed by atoms with E-state index in [9.17, 15) is 17.6 Å². The normalized spacial score (nSPS) is 17.4. The van der Waals surface area contributed by atoms with Crippen molar-refractivity contribution in [1.29, 1.82) is 0 Å². The zero-order valence-electron chi connectivity index (χ0n) is 18.9. The third kappa shape index (κ3) is 5.16. The maximum absolute atomic E-state index is 14.0. The second-order valence-corrected chi connectivity index (χ2v) is 11.2. The van der Waals surface area contributed by atoms with Gasteiger partial charge in [-0.15, -0.1) is 0 Å². The molecule has 0 saturated carbocycles. The predicted molar refractivity (Wildman–Crippen MR) is 124 cm³/mol. The predicted octanol–water partition coefficient (Wildman–Crippen LogP) is 4.74. The highest BCUT2D eigenvalue weighted by Gasteiger charge is 2.36. The second kappa shape index (κ2) is 9.09. The molecule has 1 aromatic heterocycles. The van der Waals surface area contributed by atoms with Crippen LogP contribution in [-0.4, -0.2) is 41.9 Å². The number of sulfone groups is 1. The third-order valence-electron chi connectivity index (χ3n) is 6.09. The maximum Gasteiger partial charge on any atom is 0.276 e. The molecule has 0 radical (unpaired) electrons. The number of rotatable bonds is 6. The van der Waals surface area contributed by atoms with Gasteiger partial charge in [0.1, 0.15) is 5.82 Å². The van der Waals surface area contributed by atoms with Crippen molar-refractivity contribution in [3.63, 3.8) is 0 Å². The van der Waals surface area contributed by atoms with Crippen molar-refractivity contribution in [2.45, 2.75) is 45.7 Å². The number of carbonyl (C=O) groups is 1. The molecule has 1 fully saturated rings. The molecule has 2 aromatic carbocycles. The van der Waals surface area contributed by atoms with Crippen molar-refractivity contribution < 1.29 is 22.1 Å². The van der Waals surface area contributed by atoms with E-state index in [4.69, 9.17) is 4.52 Å². The molecule has 8 heteroatoms. The minimum atomic E-state index is -3.19. The number of aromatic nitrogens is 1. The van der Waals surface area contributed by atoms with Crippen LogP contribution in [-0.2, 0) is 16.4 Å². The van der Waals surface area contributed by atoms with Crippen LogP contribution >= 0.6 is 0 Å². The number of benzene rings is 2. The minimum Gasteiger partial charge on any atom is -0.355 e. The molecule has 1 atom stereocenters. The minimum absolute atomic E-state index is 0.0560. The molecule has 0 bridgehead atoms. The average Bonchev–Trinajstić information content (AvgIpc) is 3.40. The summed E-state index contributed by atoms with van der Waals surface area (Å²) < 4.78 is 43.5. The van der Waals surface area contributed by atoms with Crippen molar-refractivity contribution in [2.75, 3.05) is 11.5 Å². The molecule has 2 heterocycles. The largest absolute Gasteiger partial charge is 0.355 e. The first-order valence-electron chi connectivity index (χ1n) is 11.0. The Bertz CT molecular complexity index is 1270. The van der Waals surface area contributed by atoms with E-state index in [0.29, 0.717) is 23.5 Å². The van der Waals surface area contributed by atoms with E-state index < -0.39 is 21.8 Å². The smallest absolute Gasteiger partial charge is 0.276 e. The molecular formula is C25H27FN2O4S. The van der Waals surface area contributed by atoms with E-state index in [0.717, 1.165) is 5.56 Å². The topological polar surface area (TPSA) is 80.5 Å². The Labute approximate surface area is 193 Å². The maximum atomic E-state index is 14.0. The summed E-state index contributed by atoms with van der Waals surface area (Å²) in [6.07, 6.45) is 0.381. The van der Waals surface area contributed by atoms with Crippen LogP contribution in [0.5, 0.6) is 0 Å². The molecule has 1 saturated heterocycles. The fraction of sp³-hybridized carbons (Fsp3) is 0.360. The molecule has 0 spiro atoms. The van der Waals surface area contributed by atoms with Crippen LogP contribution in [0.3, 0.4) is 0 Å². The fourth-order valence-electron chi connectivity index (χ4n) is 4.00. The van der Waals surface area contributed by atoms with Crippen LogP contribution in [0, 0.1) is 12.7 Å². The Morgan fingerprint density at radius 1 is 1.18 bits per heavy atom. The standard InChI is InChI=1S/C25H27FN2O4S/c1-16(2)19-8-5-18(6-9-19)14-28(21-10-11-33(30,31)15-21)25(29)23-13-24(32-27-23)20-7-4-17(3)22(26)12-20/h4-9,12-13,16,21H,10-11,14-15H2,1-3H3/t21-/m0/s1. The first-order valence-corrected chi connectivity index (χ1v) is 12.8.